The maximum atomic E-state index is 12.9. The van der Waals surface area contributed by atoms with Crippen molar-refractivity contribution in [2.24, 2.45) is 0 Å². The van der Waals surface area contributed by atoms with Gasteiger partial charge in [0.2, 0.25) is 0 Å². The van der Waals surface area contributed by atoms with Crippen LogP contribution >= 0.6 is 15.9 Å². The van der Waals surface area contributed by atoms with Gasteiger partial charge in [-0.2, -0.15) is 0 Å². The topological polar surface area (TPSA) is 57.5 Å². The summed E-state index contributed by atoms with van der Waals surface area (Å²) in [7, 11) is 0. The summed E-state index contributed by atoms with van der Waals surface area (Å²) in [6.07, 6.45) is 0. The zero-order valence-electron chi connectivity index (χ0n) is 7.29. The Morgan fingerprint density at radius 1 is 1.57 bits per heavy atom. The van der Waals surface area contributed by atoms with Crippen molar-refractivity contribution < 1.29 is 19.4 Å². The number of halogens is 2. The number of carboxylic acid groups (broad SMARTS) is 1. The number of phenolic OH excluding ortho intramolecular Hbond substituents is 1. The van der Waals surface area contributed by atoms with E-state index < -0.39 is 17.7 Å². The summed E-state index contributed by atoms with van der Waals surface area (Å²) in [6, 6.07) is 2.09. The minimum Gasteiger partial charge on any atom is -0.506 e. The summed E-state index contributed by atoms with van der Waals surface area (Å²) in [4.78, 5) is 10.6. The maximum absolute atomic E-state index is 12.9. The molecule has 1 rings (SSSR count). The minimum absolute atomic E-state index is 0.0596. The van der Waals surface area contributed by atoms with Crippen molar-refractivity contribution in [3.05, 3.63) is 28.0 Å². The third-order valence-corrected chi connectivity index (χ3v) is 2.50. The first-order valence-corrected chi connectivity index (χ1v) is 4.63. The summed E-state index contributed by atoms with van der Waals surface area (Å²) in [5.74, 6) is -2.88. The normalized spacial score (nSPS) is 12.5. The first kappa shape index (κ1) is 11.0. The van der Waals surface area contributed by atoms with E-state index in [1.807, 2.05) is 0 Å². The third-order valence-electron chi connectivity index (χ3n) is 1.89. The first-order valence-electron chi connectivity index (χ1n) is 3.84. The number of aliphatic carboxylic acids is 1. The van der Waals surface area contributed by atoms with E-state index in [1.165, 1.54) is 6.92 Å². The molecule has 0 fully saturated rings. The molecule has 0 saturated carbocycles. The molecule has 2 N–H and O–H groups in total. The lowest BCUT2D eigenvalue weighted by Crippen LogP contribution is -2.08. The van der Waals surface area contributed by atoms with Gasteiger partial charge < -0.3 is 10.2 Å². The summed E-state index contributed by atoms with van der Waals surface area (Å²) in [6.45, 7) is 1.38. The van der Waals surface area contributed by atoms with Crippen LogP contribution in [0.15, 0.2) is 16.6 Å². The van der Waals surface area contributed by atoms with Gasteiger partial charge in [-0.3, -0.25) is 4.79 Å². The summed E-state index contributed by atoms with van der Waals surface area (Å²) in [5.41, 5.74) is 0.0596. The van der Waals surface area contributed by atoms with Crippen molar-refractivity contribution in [3.8, 4) is 5.75 Å². The van der Waals surface area contributed by atoms with Gasteiger partial charge in [0.1, 0.15) is 11.6 Å². The Kier molecular flexibility index (Phi) is 3.10. The molecule has 0 saturated heterocycles. The molecule has 5 heteroatoms. The first-order chi connectivity index (χ1) is 6.43. The molecule has 0 aromatic heterocycles. The number of carbonyl (C=O) groups is 1. The molecule has 14 heavy (non-hydrogen) atoms. The van der Waals surface area contributed by atoms with E-state index in [0.717, 1.165) is 12.1 Å². The van der Waals surface area contributed by atoms with E-state index in [2.05, 4.69) is 15.9 Å². The predicted octanol–water partition coefficient (Wildman–Crippen LogP) is 2.48. The molecule has 0 heterocycles. The molecule has 0 radical (unpaired) electrons. The lowest BCUT2D eigenvalue weighted by molar-refractivity contribution is -0.138. The highest BCUT2D eigenvalue weighted by Gasteiger charge is 2.20. The van der Waals surface area contributed by atoms with Crippen molar-refractivity contribution in [2.45, 2.75) is 12.8 Å². The molecule has 0 aliphatic carbocycles. The standard InChI is InChI=1S/C9H8BrFO3/c1-4(9(13)14)6-2-5(11)3-7(10)8(6)12/h2-4,12H,1H3,(H,13,14). The SMILES string of the molecule is CC(C(=O)O)c1cc(F)cc(Br)c1O. The quantitative estimate of drug-likeness (QED) is 0.861. The number of hydrogen-bond acceptors (Lipinski definition) is 2. The smallest absolute Gasteiger partial charge is 0.310 e. The van der Waals surface area contributed by atoms with E-state index >= 15 is 0 Å². The van der Waals surface area contributed by atoms with E-state index in [-0.39, 0.29) is 15.8 Å². The molecule has 1 unspecified atom stereocenters. The molecule has 1 atom stereocenters. The van der Waals surface area contributed by atoms with Crippen molar-refractivity contribution in [1.82, 2.24) is 0 Å². The number of phenols is 1. The Morgan fingerprint density at radius 2 is 2.14 bits per heavy atom. The second-order valence-corrected chi connectivity index (χ2v) is 3.74. The number of rotatable bonds is 2. The molecule has 0 aliphatic rings. The van der Waals surface area contributed by atoms with Crippen molar-refractivity contribution in [1.29, 1.82) is 0 Å². The fourth-order valence-electron chi connectivity index (χ4n) is 1.05. The van der Waals surface area contributed by atoms with Crippen LogP contribution in [0.3, 0.4) is 0 Å². The minimum atomic E-state index is -1.11. The Labute approximate surface area is 88.3 Å². The number of carboxylic acids is 1. The number of aromatic hydroxyl groups is 1. The van der Waals surface area contributed by atoms with Gasteiger partial charge >= 0.3 is 5.97 Å². The Bertz CT molecular complexity index is 379. The van der Waals surface area contributed by atoms with Gasteiger partial charge in [0.25, 0.3) is 0 Å². The Morgan fingerprint density at radius 3 is 2.64 bits per heavy atom. The highest BCUT2D eigenvalue weighted by atomic mass is 79.9. The summed E-state index contributed by atoms with van der Waals surface area (Å²) >= 11 is 2.93. The Balaban J connectivity index is 3.26. The lowest BCUT2D eigenvalue weighted by Gasteiger charge is -2.10. The largest absolute Gasteiger partial charge is 0.506 e. The molecule has 0 amide bonds. The van der Waals surface area contributed by atoms with Gasteiger partial charge in [0, 0.05) is 5.56 Å². The van der Waals surface area contributed by atoms with Gasteiger partial charge in [-0.1, -0.05) is 0 Å². The van der Waals surface area contributed by atoms with Crippen LogP contribution in [-0.4, -0.2) is 16.2 Å². The second kappa shape index (κ2) is 3.96. The van der Waals surface area contributed by atoms with Crippen LogP contribution in [0.5, 0.6) is 5.75 Å². The van der Waals surface area contributed by atoms with Gasteiger partial charge in [-0.05, 0) is 35.0 Å². The van der Waals surface area contributed by atoms with Gasteiger partial charge in [0.05, 0.1) is 10.4 Å². The van der Waals surface area contributed by atoms with Crippen LogP contribution in [0.2, 0.25) is 0 Å². The molecule has 0 aliphatic heterocycles. The number of hydrogen-bond donors (Lipinski definition) is 2. The second-order valence-electron chi connectivity index (χ2n) is 2.89. The summed E-state index contributed by atoms with van der Waals surface area (Å²) in [5, 5.41) is 18.2. The van der Waals surface area contributed by atoms with E-state index in [0.29, 0.717) is 0 Å². The van der Waals surface area contributed by atoms with Crippen LogP contribution in [0.4, 0.5) is 4.39 Å². The van der Waals surface area contributed by atoms with Crippen molar-refractivity contribution >= 4 is 21.9 Å². The van der Waals surface area contributed by atoms with E-state index in [1.54, 1.807) is 0 Å². The fraction of sp³-hybridized carbons (Fsp3) is 0.222. The van der Waals surface area contributed by atoms with Gasteiger partial charge in [-0.25, -0.2) is 4.39 Å². The van der Waals surface area contributed by atoms with Crippen LogP contribution in [-0.2, 0) is 4.79 Å². The van der Waals surface area contributed by atoms with Gasteiger partial charge in [-0.15, -0.1) is 0 Å². The predicted molar refractivity (Wildman–Crippen MR) is 51.8 cm³/mol. The Hall–Kier alpha value is -1.10. The molecular weight excluding hydrogens is 255 g/mol. The summed E-state index contributed by atoms with van der Waals surface area (Å²) < 4.78 is 13.1. The molecular formula is C9H8BrFO3. The number of benzene rings is 1. The van der Waals surface area contributed by atoms with Crippen LogP contribution in [0, 0.1) is 5.82 Å². The lowest BCUT2D eigenvalue weighted by atomic mass is 10.0. The van der Waals surface area contributed by atoms with Gasteiger partial charge in [0.15, 0.2) is 0 Å². The highest BCUT2D eigenvalue weighted by molar-refractivity contribution is 9.10. The zero-order valence-corrected chi connectivity index (χ0v) is 8.88. The average molecular weight is 263 g/mol. The van der Waals surface area contributed by atoms with Crippen molar-refractivity contribution in [3.63, 3.8) is 0 Å². The molecule has 1 aromatic rings. The van der Waals surface area contributed by atoms with Crippen molar-refractivity contribution in [2.75, 3.05) is 0 Å². The molecule has 76 valence electrons. The van der Waals surface area contributed by atoms with Crippen LogP contribution in [0.25, 0.3) is 0 Å². The fourth-order valence-corrected chi connectivity index (χ4v) is 1.50. The third kappa shape index (κ3) is 2.04. The highest BCUT2D eigenvalue weighted by Crippen LogP contribution is 2.33. The molecule has 3 nitrogen and oxygen atoms in total. The average Bonchev–Trinajstić information content (AvgIpc) is 2.09. The molecule has 0 spiro atoms. The molecule has 0 bridgehead atoms. The zero-order chi connectivity index (χ0) is 10.9. The van der Waals surface area contributed by atoms with E-state index in [4.69, 9.17) is 5.11 Å². The van der Waals surface area contributed by atoms with E-state index in [9.17, 15) is 14.3 Å². The van der Waals surface area contributed by atoms with Crippen LogP contribution in [0.1, 0.15) is 18.4 Å². The monoisotopic (exact) mass is 262 g/mol. The maximum Gasteiger partial charge on any atom is 0.310 e. The molecule has 1 aromatic carbocycles. The van der Waals surface area contributed by atoms with Crippen LogP contribution < -0.4 is 0 Å².